The number of nitrogens with two attached hydrogens (primary N) is 1. The average Bonchev–Trinajstić information content (AvgIpc) is 2.30. The molecular formula is C12H10Br2N2S. The Kier molecular flexibility index (Phi) is 4.48. The van der Waals surface area contributed by atoms with E-state index in [-0.39, 0.29) is 0 Å². The predicted octanol–water partition coefficient (Wildman–Crippen LogP) is 4.48. The number of hydrogen-bond acceptors (Lipinski definition) is 3. The van der Waals surface area contributed by atoms with Crippen LogP contribution in [-0.2, 0) is 5.75 Å². The lowest BCUT2D eigenvalue weighted by Crippen LogP contribution is -1.89. The maximum Gasteiger partial charge on any atom is 0.110 e. The van der Waals surface area contributed by atoms with Crippen molar-refractivity contribution in [2.24, 2.45) is 0 Å². The third kappa shape index (κ3) is 3.47. The third-order valence-corrected chi connectivity index (χ3v) is 4.86. The van der Waals surface area contributed by atoms with Crippen LogP contribution < -0.4 is 5.73 Å². The van der Waals surface area contributed by atoms with Crippen LogP contribution in [0.2, 0.25) is 0 Å². The smallest absolute Gasteiger partial charge is 0.110 e. The maximum absolute atomic E-state index is 5.70. The van der Waals surface area contributed by atoms with E-state index in [1.165, 1.54) is 5.56 Å². The van der Waals surface area contributed by atoms with E-state index in [0.29, 0.717) is 0 Å². The predicted molar refractivity (Wildman–Crippen MR) is 80.1 cm³/mol. The van der Waals surface area contributed by atoms with Gasteiger partial charge in [-0.25, -0.2) is 4.98 Å². The Hall–Kier alpha value is -0.520. The fourth-order valence-electron chi connectivity index (χ4n) is 1.30. The van der Waals surface area contributed by atoms with Crippen LogP contribution >= 0.6 is 43.6 Å². The molecule has 0 unspecified atom stereocenters. The van der Waals surface area contributed by atoms with E-state index in [0.717, 1.165) is 25.4 Å². The van der Waals surface area contributed by atoms with E-state index in [1.54, 1.807) is 18.0 Å². The summed E-state index contributed by atoms with van der Waals surface area (Å²) in [6.07, 6.45) is 1.80. The summed E-state index contributed by atoms with van der Waals surface area (Å²) in [5, 5.41) is 0.997. The largest absolute Gasteiger partial charge is 0.399 e. The maximum atomic E-state index is 5.70. The molecule has 2 N–H and O–H groups in total. The number of pyridine rings is 1. The molecule has 1 aromatic carbocycles. The zero-order valence-corrected chi connectivity index (χ0v) is 12.8. The van der Waals surface area contributed by atoms with Crippen LogP contribution in [0.25, 0.3) is 0 Å². The van der Waals surface area contributed by atoms with Gasteiger partial charge >= 0.3 is 0 Å². The Bertz CT molecular complexity index is 532. The first-order valence-electron chi connectivity index (χ1n) is 4.94. The van der Waals surface area contributed by atoms with E-state index in [4.69, 9.17) is 5.73 Å². The van der Waals surface area contributed by atoms with Gasteiger partial charge in [0.05, 0.1) is 0 Å². The molecule has 88 valence electrons. The van der Waals surface area contributed by atoms with Crippen LogP contribution in [0.3, 0.4) is 0 Å². The number of nitrogen functional groups attached to an aromatic ring is 1. The van der Waals surface area contributed by atoms with E-state index >= 15 is 0 Å². The van der Waals surface area contributed by atoms with Gasteiger partial charge in [0.25, 0.3) is 0 Å². The van der Waals surface area contributed by atoms with Crippen molar-refractivity contribution in [2.45, 2.75) is 10.8 Å². The summed E-state index contributed by atoms with van der Waals surface area (Å²) in [6, 6.07) is 9.77. The van der Waals surface area contributed by atoms with Crippen molar-refractivity contribution >= 4 is 49.3 Å². The Morgan fingerprint density at radius 2 is 2.00 bits per heavy atom. The van der Waals surface area contributed by atoms with Crippen molar-refractivity contribution in [1.82, 2.24) is 4.98 Å². The van der Waals surface area contributed by atoms with Gasteiger partial charge in [-0.3, -0.25) is 0 Å². The van der Waals surface area contributed by atoms with Crippen LogP contribution in [0.1, 0.15) is 5.56 Å². The van der Waals surface area contributed by atoms with E-state index in [2.05, 4.69) is 36.8 Å². The summed E-state index contributed by atoms with van der Waals surface area (Å²) in [5.41, 5.74) is 7.68. The lowest BCUT2D eigenvalue weighted by atomic mass is 10.2. The number of rotatable bonds is 3. The minimum Gasteiger partial charge on any atom is -0.399 e. The fourth-order valence-corrected chi connectivity index (χ4v) is 3.51. The van der Waals surface area contributed by atoms with Gasteiger partial charge < -0.3 is 5.73 Å². The van der Waals surface area contributed by atoms with Crippen molar-refractivity contribution in [1.29, 1.82) is 0 Å². The van der Waals surface area contributed by atoms with Crippen molar-refractivity contribution in [3.05, 3.63) is 51.0 Å². The molecule has 0 fully saturated rings. The molecular weight excluding hydrogens is 364 g/mol. The molecule has 2 nitrogen and oxygen atoms in total. The summed E-state index contributed by atoms with van der Waals surface area (Å²) in [7, 11) is 0. The molecule has 0 bridgehead atoms. The monoisotopic (exact) mass is 372 g/mol. The molecule has 0 aliphatic carbocycles. The lowest BCUT2D eigenvalue weighted by Gasteiger charge is -2.06. The highest BCUT2D eigenvalue weighted by molar-refractivity contribution is 9.10. The molecule has 0 saturated heterocycles. The van der Waals surface area contributed by atoms with Gasteiger partial charge in [0.2, 0.25) is 0 Å². The molecule has 5 heteroatoms. The average molecular weight is 374 g/mol. The molecule has 2 aromatic rings. The first kappa shape index (κ1) is 12.9. The molecule has 0 saturated carbocycles. The molecule has 0 atom stereocenters. The molecule has 0 amide bonds. The number of halogens is 2. The third-order valence-electron chi connectivity index (χ3n) is 2.17. The zero-order valence-electron chi connectivity index (χ0n) is 8.86. The summed E-state index contributed by atoms with van der Waals surface area (Å²) in [5.74, 6) is 0.858. The van der Waals surface area contributed by atoms with Crippen molar-refractivity contribution < 1.29 is 0 Å². The molecule has 2 rings (SSSR count). The van der Waals surface area contributed by atoms with Crippen LogP contribution in [-0.4, -0.2) is 4.98 Å². The van der Waals surface area contributed by atoms with E-state index < -0.39 is 0 Å². The van der Waals surface area contributed by atoms with Gasteiger partial charge in [-0.15, -0.1) is 11.8 Å². The molecule has 0 aliphatic heterocycles. The molecule has 0 radical (unpaired) electrons. The van der Waals surface area contributed by atoms with Crippen LogP contribution in [0.15, 0.2) is 50.5 Å². The highest BCUT2D eigenvalue weighted by atomic mass is 79.9. The Labute approximate surface area is 121 Å². The Balaban J connectivity index is 2.10. The molecule has 17 heavy (non-hydrogen) atoms. The second kappa shape index (κ2) is 5.89. The number of nitrogens with zero attached hydrogens (tertiary/aromatic N) is 1. The Morgan fingerprint density at radius 3 is 2.71 bits per heavy atom. The highest BCUT2D eigenvalue weighted by Crippen LogP contribution is 2.30. The fraction of sp³-hybridized carbons (Fsp3) is 0.0833. The van der Waals surface area contributed by atoms with Crippen LogP contribution in [0.4, 0.5) is 5.69 Å². The van der Waals surface area contributed by atoms with Crippen molar-refractivity contribution in [3.63, 3.8) is 0 Å². The number of aromatic nitrogens is 1. The van der Waals surface area contributed by atoms with E-state index in [1.807, 2.05) is 30.3 Å². The number of anilines is 1. The van der Waals surface area contributed by atoms with Gasteiger partial charge in [-0.1, -0.05) is 22.0 Å². The highest BCUT2D eigenvalue weighted by Gasteiger charge is 2.04. The molecule has 1 heterocycles. The molecule has 1 aromatic heterocycles. The lowest BCUT2D eigenvalue weighted by molar-refractivity contribution is 1.11. The first-order chi connectivity index (χ1) is 8.16. The normalized spacial score (nSPS) is 10.5. The summed E-state index contributed by atoms with van der Waals surface area (Å²) < 4.78 is 2.06. The van der Waals surface area contributed by atoms with Crippen LogP contribution in [0, 0.1) is 0 Å². The van der Waals surface area contributed by atoms with Crippen LogP contribution in [0.5, 0.6) is 0 Å². The van der Waals surface area contributed by atoms with Gasteiger partial charge in [0.15, 0.2) is 0 Å². The Morgan fingerprint density at radius 1 is 1.18 bits per heavy atom. The summed E-state index contributed by atoms with van der Waals surface area (Å²) in [6.45, 7) is 0. The minimum atomic E-state index is 0.768. The zero-order chi connectivity index (χ0) is 12.3. The standard InChI is InChI=1S/C12H10Br2N2S/c13-10-2-1-5-16-12(10)17-7-8-3-4-9(15)6-11(8)14/h1-6H,7,15H2. The number of hydrogen-bond donors (Lipinski definition) is 1. The first-order valence-corrected chi connectivity index (χ1v) is 7.51. The van der Waals surface area contributed by atoms with Crippen molar-refractivity contribution in [3.8, 4) is 0 Å². The van der Waals surface area contributed by atoms with Gasteiger partial charge in [-0.2, -0.15) is 0 Å². The quantitative estimate of drug-likeness (QED) is 0.636. The summed E-state index contributed by atoms with van der Waals surface area (Å²) in [4.78, 5) is 4.32. The van der Waals surface area contributed by atoms with E-state index in [9.17, 15) is 0 Å². The molecule has 0 spiro atoms. The van der Waals surface area contributed by atoms with Crippen molar-refractivity contribution in [2.75, 3.05) is 5.73 Å². The SMILES string of the molecule is Nc1ccc(CSc2ncccc2Br)c(Br)c1. The van der Waals surface area contributed by atoms with Gasteiger partial charge in [0, 0.05) is 26.6 Å². The topological polar surface area (TPSA) is 38.9 Å². The summed E-state index contributed by atoms with van der Waals surface area (Å²) >= 11 is 8.69. The second-order valence-corrected chi connectivity index (χ2v) is 6.10. The van der Waals surface area contributed by atoms with Gasteiger partial charge in [0.1, 0.15) is 5.03 Å². The number of benzene rings is 1. The molecule has 0 aliphatic rings. The van der Waals surface area contributed by atoms with Gasteiger partial charge in [-0.05, 0) is 45.8 Å². The second-order valence-electron chi connectivity index (χ2n) is 3.43. The number of thioether (sulfide) groups is 1. The minimum absolute atomic E-state index is 0.768.